The second-order valence-corrected chi connectivity index (χ2v) is 9.09. The third-order valence-electron chi connectivity index (χ3n) is 5.21. The molecular formula is C24H35N3O2S. The van der Waals surface area contributed by atoms with Gasteiger partial charge in [0.15, 0.2) is 0 Å². The number of unbranched alkanes of at least 4 members (excludes halogenated alkanes) is 1. The van der Waals surface area contributed by atoms with Crippen LogP contribution in [0.4, 0.5) is 4.79 Å². The Hall–Kier alpha value is -2.34. The van der Waals surface area contributed by atoms with Gasteiger partial charge in [-0.05, 0) is 44.4 Å². The molecule has 0 aliphatic heterocycles. The van der Waals surface area contributed by atoms with E-state index < -0.39 is 0 Å². The van der Waals surface area contributed by atoms with Gasteiger partial charge in [-0.2, -0.15) is 0 Å². The Labute approximate surface area is 185 Å². The second-order valence-electron chi connectivity index (χ2n) is 7.72. The van der Waals surface area contributed by atoms with Gasteiger partial charge in [0.05, 0.1) is 6.54 Å². The minimum absolute atomic E-state index is 0.00173. The summed E-state index contributed by atoms with van der Waals surface area (Å²) in [6.45, 7) is 10.0. The first kappa shape index (κ1) is 23.9. The van der Waals surface area contributed by atoms with E-state index >= 15 is 0 Å². The molecule has 1 atom stereocenters. The van der Waals surface area contributed by atoms with E-state index in [1.807, 2.05) is 49.1 Å². The molecule has 0 aliphatic rings. The predicted octanol–water partition coefficient (Wildman–Crippen LogP) is 5.20. The van der Waals surface area contributed by atoms with Gasteiger partial charge >= 0.3 is 6.03 Å². The molecule has 3 amide bonds. The van der Waals surface area contributed by atoms with Gasteiger partial charge in [0.1, 0.15) is 6.54 Å². The van der Waals surface area contributed by atoms with E-state index in [0.717, 1.165) is 29.7 Å². The highest BCUT2D eigenvalue weighted by molar-refractivity contribution is 7.11. The molecule has 30 heavy (non-hydrogen) atoms. The van der Waals surface area contributed by atoms with Crippen molar-refractivity contribution < 1.29 is 9.59 Å². The smallest absolute Gasteiger partial charge is 0.318 e. The van der Waals surface area contributed by atoms with Crippen LogP contribution in [-0.4, -0.2) is 40.9 Å². The SMILES string of the molecule is CCCCNC(=O)N(CC(=O)N(Cc1ccccc1)Cc1ccc(C)s1)[C@@H](C)CC. The lowest BCUT2D eigenvalue weighted by Crippen LogP contribution is -2.50. The van der Waals surface area contributed by atoms with E-state index in [1.165, 1.54) is 4.88 Å². The van der Waals surface area contributed by atoms with Crippen LogP contribution in [-0.2, 0) is 17.9 Å². The van der Waals surface area contributed by atoms with Gasteiger partial charge in [-0.1, -0.05) is 50.6 Å². The molecule has 0 saturated carbocycles. The minimum atomic E-state index is -0.155. The number of nitrogens with one attached hydrogen (secondary N) is 1. The standard InChI is InChI=1S/C24H35N3O2S/c1-5-7-15-25-24(29)27(19(3)6-2)18-23(28)26(16-21-11-9-8-10-12-21)17-22-14-13-20(4)30-22/h8-14,19H,5-7,15-18H2,1-4H3,(H,25,29)/t19-/m0/s1. The molecule has 5 nitrogen and oxygen atoms in total. The molecule has 0 bridgehead atoms. The van der Waals surface area contributed by atoms with Crippen LogP contribution in [0, 0.1) is 6.92 Å². The van der Waals surface area contributed by atoms with Gasteiger partial charge in [-0.15, -0.1) is 11.3 Å². The van der Waals surface area contributed by atoms with Crippen molar-refractivity contribution in [3.8, 4) is 0 Å². The fourth-order valence-electron chi connectivity index (χ4n) is 3.16. The van der Waals surface area contributed by atoms with E-state index in [9.17, 15) is 9.59 Å². The number of nitrogens with zero attached hydrogens (tertiary/aromatic N) is 2. The maximum atomic E-state index is 13.3. The zero-order valence-corrected chi connectivity index (χ0v) is 19.5. The van der Waals surface area contributed by atoms with Crippen molar-refractivity contribution in [1.29, 1.82) is 0 Å². The van der Waals surface area contributed by atoms with Crippen LogP contribution in [0.2, 0.25) is 0 Å². The molecule has 2 rings (SSSR count). The number of benzene rings is 1. The number of amides is 3. The minimum Gasteiger partial charge on any atom is -0.338 e. The van der Waals surface area contributed by atoms with Gasteiger partial charge in [-0.25, -0.2) is 4.79 Å². The Morgan fingerprint density at radius 2 is 1.80 bits per heavy atom. The number of rotatable bonds is 11. The molecular weight excluding hydrogens is 394 g/mol. The third kappa shape index (κ3) is 7.48. The summed E-state index contributed by atoms with van der Waals surface area (Å²) in [6, 6.07) is 14.0. The molecule has 1 aromatic heterocycles. The largest absolute Gasteiger partial charge is 0.338 e. The third-order valence-corrected chi connectivity index (χ3v) is 6.19. The van der Waals surface area contributed by atoms with Crippen molar-refractivity contribution in [2.75, 3.05) is 13.1 Å². The Kier molecular flexibility index (Phi) is 9.87. The lowest BCUT2D eigenvalue weighted by atomic mass is 10.2. The topological polar surface area (TPSA) is 52.7 Å². The van der Waals surface area contributed by atoms with Crippen LogP contribution < -0.4 is 5.32 Å². The number of thiophene rings is 1. The zero-order valence-electron chi connectivity index (χ0n) is 18.7. The van der Waals surface area contributed by atoms with Crippen LogP contribution >= 0.6 is 11.3 Å². The van der Waals surface area contributed by atoms with Crippen LogP contribution in [0.5, 0.6) is 0 Å². The summed E-state index contributed by atoms with van der Waals surface area (Å²) in [5, 5.41) is 2.96. The van der Waals surface area contributed by atoms with Crippen LogP contribution in [0.25, 0.3) is 0 Å². The molecule has 0 radical (unpaired) electrons. The number of aryl methyl sites for hydroxylation is 1. The zero-order chi connectivity index (χ0) is 21.9. The van der Waals surface area contributed by atoms with Gasteiger partial charge in [-0.3, -0.25) is 4.79 Å². The highest BCUT2D eigenvalue weighted by Gasteiger charge is 2.25. The molecule has 164 valence electrons. The summed E-state index contributed by atoms with van der Waals surface area (Å²) >= 11 is 1.71. The molecule has 1 N–H and O–H groups in total. The van der Waals surface area contributed by atoms with Gasteiger partial charge in [0, 0.05) is 28.9 Å². The first-order valence-corrected chi connectivity index (χ1v) is 11.7. The molecule has 1 heterocycles. The summed E-state index contributed by atoms with van der Waals surface area (Å²) in [5.41, 5.74) is 1.08. The molecule has 1 aromatic carbocycles. The van der Waals surface area contributed by atoms with E-state index in [2.05, 4.69) is 31.3 Å². The van der Waals surface area contributed by atoms with Gasteiger partial charge in [0.2, 0.25) is 5.91 Å². The van der Waals surface area contributed by atoms with Gasteiger partial charge < -0.3 is 15.1 Å². The van der Waals surface area contributed by atoms with E-state index in [0.29, 0.717) is 19.6 Å². The average Bonchev–Trinajstić information content (AvgIpc) is 3.16. The highest BCUT2D eigenvalue weighted by atomic mass is 32.1. The van der Waals surface area contributed by atoms with Crippen LogP contribution in [0.1, 0.15) is 55.4 Å². The van der Waals surface area contributed by atoms with Crippen LogP contribution in [0.15, 0.2) is 42.5 Å². The van der Waals surface area contributed by atoms with Crippen molar-refractivity contribution in [1.82, 2.24) is 15.1 Å². The Bertz CT molecular complexity index is 791. The van der Waals surface area contributed by atoms with E-state index in [4.69, 9.17) is 0 Å². The lowest BCUT2D eigenvalue weighted by molar-refractivity contribution is -0.133. The number of hydrogen-bond donors (Lipinski definition) is 1. The Morgan fingerprint density at radius 1 is 1.07 bits per heavy atom. The maximum absolute atomic E-state index is 13.3. The first-order chi connectivity index (χ1) is 14.4. The van der Waals surface area contributed by atoms with Crippen molar-refractivity contribution in [3.05, 3.63) is 57.8 Å². The number of urea groups is 1. The molecule has 0 saturated heterocycles. The highest BCUT2D eigenvalue weighted by Crippen LogP contribution is 2.19. The molecule has 6 heteroatoms. The fraction of sp³-hybridized carbons (Fsp3) is 0.500. The van der Waals surface area contributed by atoms with Crippen LogP contribution in [0.3, 0.4) is 0 Å². The first-order valence-electron chi connectivity index (χ1n) is 10.9. The second kappa shape index (κ2) is 12.4. The molecule has 0 fully saturated rings. The average molecular weight is 430 g/mol. The van der Waals surface area contributed by atoms with Crippen molar-refractivity contribution >= 4 is 23.3 Å². The predicted molar refractivity (Wildman–Crippen MR) is 125 cm³/mol. The summed E-state index contributed by atoms with van der Waals surface area (Å²) in [5.74, 6) is -0.0316. The number of hydrogen-bond acceptors (Lipinski definition) is 3. The number of carbonyl (C=O) groups excluding carboxylic acids is 2. The molecule has 0 aliphatic carbocycles. The normalized spacial score (nSPS) is 11.7. The monoisotopic (exact) mass is 429 g/mol. The lowest BCUT2D eigenvalue weighted by Gasteiger charge is -2.31. The fourth-order valence-corrected chi connectivity index (χ4v) is 4.07. The van der Waals surface area contributed by atoms with E-state index in [1.54, 1.807) is 16.2 Å². The Balaban J connectivity index is 2.15. The Morgan fingerprint density at radius 3 is 2.40 bits per heavy atom. The summed E-state index contributed by atoms with van der Waals surface area (Å²) in [4.78, 5) is 32.0. The molecule has 2 aromatic rings. The summed E-state index contributed by atoms with van der Waals surface area (Å²) in [6.07, 6.45) is 2.76. The molecule has 0 unspecified atom stereocenters. The quantitative estimate of drug-likeness (QED) is 0.500. The van der Waals surface area contributed by atoms with Crippen molar-refractivity contribution in [3.63, 3.8) is 0 Å². The van der Waals surface area contributed by atoms with Gasteiger partial charge in [0.25, 0.3) is 0 Å². The van der Waals surface area contributed by atoms with Crippen molar-refractivity contribution in [2.24, 2.45) is 0 Å². The summed E-state index contributed by atoms with van der Waals surface area (Å²) < 4.78 is 0. The molecule has 0 spiro atoms. The van der Waals surface area contributed by atoms with E-state index in [-0.39, 0.29) is 24.5 Å². The summed E-state index contributed by atoms with van der Waals surface area (Å²) in [7, 11) is 0. The number of carbonyl (C=O) groups is 2. The maximum Gasteiger partial charge on any atom is 0.318 e. The van der Waals surface area contributed by atoms with Crippen molar-refractivity contribution in [2.45, 2.75) is 66.1 Å².